The van der Waals surface area contributed by atoms with Gasteiger partial charge in [0.2, 0.25) is 11.8 Å². The van der Waals surface area contributed by atoms with Crippen molar-refractivity contribution in [1.82, 2.24) is 10.2 Å². The number of benzene rings is 2. The number of hydrogen-bond acceptors (Lipinski definition) is 3. The summed E-state index contributed by atoms with van der Waals surface area (Å²) in [6.07, 6.45) is 1.14. The van der Waals surface area contributed by atoms with Crippen molar-refractivity contribution in [3.05, 3.63) is 64.7 Å². The normalized spacial score (nSPS) is 12.3. The van der Waals surface area contributed by atoms with Crippen LogP contribution in [-0.4, -0.2) is 34.0 Å². The van der Waals surface area contributed by atoms with Gasteiger partial charge in [-0.05, 0) is 82.2 Å². The minimum Gasteiger partial charge on any atom is -0.350 e. The molecular weight excluding hydrogens is 428 g/mol. The summed E-state index contributed by atoms with van der Waals surface area (Å²) >= 11 is 7.63. The highest BCUT2D eigenvalue weighted by atomic mass is 35.5. The van der Waals surface area contributed by atoms with Crippen LogP contribution in [0.4, 0.5) is 0 Å². The fraction of sp³-hybridized carbons (Fsp3) is 0.440. The van der Waals surface area contributed by atoms with E-state index in [0.29, 0.717) is 18.0 Å². The van der Waals surface area contributed by atoms with Crippen molar-refractivity contribution in [2.45, 2.75) is 70.5 Å². The van der Waals surface area contributed by atoms with Crippen LogP contribution in [-0.2, 0) is 16.1 Å². The Hall–Kier alpha value is -1.98. The molecule has 0 bridgehead atoms. The van der Waals surface area contributed by atoms with Crippen molar-refractivity contribution >= 4 is 35.2 Å². The topological polar surface area (TPSA) is 49.4 Å². The third-order valence-corrected chi connectivity index (χ3v) is 6.24. The first kappa shape index (κ1) is 25.3. The van der Waals surface area contributed by atoms with Gasteiger partial charge < -0.3 is 10.2 Å². The van der Waals surface area contributed by atoms with E-state index in [1.165, 1.54) is 0 Å². The second-order valence-corrected chi connectivity index (χ2v) is 10.4. The minimum absolute atomic E-state index is 0.00322. The molecule has 0 fully saturated rings. The van der Waals surface area contributed by atoms with Crippen LogP contribution in [0.15, 0.2) is 53.4 Å². The highest BCUT2D eigenvalue weighted by molar-refractivity contribution is 7.99. The van der Waals surface area contributed by atoms with Crippen LogP contribution in [0.5, 0.6) is 0 Å². The van der Waals surface area contributed by atoms with E-state index in [9.17, 15) is 9.59 Å². The van der Waals surface area contributed by atoms with Crippen LogP contribution in [0.25, 0.3) is 0 Å². The molecule has 168 valence electrons. The molecule has 0 aromatic heterocycles. The predicted octanol–water partition coefficient (Wildman–Crippen LogP) is 5.85. The average Bonchev–Trinajstić information content (AvgIpc) is 2.70. The zero-order chi connectivity index (χ0) is 23.0. The molecule has 2 amide bonds. The van der Waals surface area contributed by atoms with Gasteiger partial charge in [0.15, 0.2) is 0 Å². The number of carbonyl (C=O) groups excluding carboxylic acids is 2. The van der Waals surface area contributed by atoms with Crippen molar-refractivity contribution in [3.8, 4) is 0 Å². The summed E-state index contributed by atoms with van der Waals surface area (Å²) in [7, 11) is 0. The summed E-state index contributed by atoms with van der Waals surface area (Å²) in [6.45, 7) is 10.1. The predicted molar refractivity (Wildman–Crippen MR) is 130 cm³/mol. The van der Waals surface area contributed by atoms with Crippen LogP contribution >= 0.6 is 23.4 Å². The fourth-order valence-corrected chi connectivity index (χ4v) is 4.09. The Kier molecular flexibility index (Phi) is 9.45. The first-order valence-electron chi connectivity index (χ1n) is 10.6. The Balaban J connectivity index is 2.03. The molecule has 2 aromatic carbocycles. The van der Waals surface area contributed by atoms with Crippen LogP contribution in [0, 0.1) is 6.92 Å². The quantitative estimate of drug-likeness (QED) is 0.377. The lowest BCUT2D eigenvalue weighted by molar-refractivity contribution is -0.141. The third kappa shape index (κ3) is 8.58. The SMILES string of the molecule is Cc1ccccc1CN(C(=O)CCCSc1ccc(Cl)cc1)C(C)C(=O)NC(C)(C)C. The second kappa shape index (κ2) is 11.6. The number of halogens is 1. The van der Waals surface area contributed by atoms with Crippen LogP contribution in [0.2, 0.25) is 5.02 Å². The molecule has 0 heterocycles. The van der Waals surface area contributed by atoms with Gasteiger partial charge in [0.25, 0.3) is 0 Å². The van der Waals surface area contributed by atoms with Gasteiger partial charge in [-0.15, -0.1) is 11.8 Å². The molecule has 2 rings (SSSR count). The van der Waals surface area contributed by atoms with Gasteiger partial charge in [0, 0.05) is 28.4 Å². The maximum absolute atomic E-state index is 13.1. The summed E-state index contributed by atoms with van der Waals surface area (Å²) in [5, 5.41) is 3.72. The number of nitrogens with one attached hydrogen (secondary N) is 1. The zero-order valence-electron chi connectivity index (χ0n) is 19.1. The standard InChI is InChI=1S/C25H33ClN2O2S/c1-18-9-6-7-10-20(18)17-28(19(2)24(30)27-25(3,4)5)23(29)11-8-16-31-22-14-12-21(26)13-15-22/h6-7,9-10,12-15,19H,8,11,16-17H2,1-5H3,(H,27,30). The molecule has 1 N–H and O–H groups in total. The molecule has 0 aliphatic heterocycles. The molecular formula is C25H33ClN2O2S. The zero-order valence-corrected chi connectivity index (χ0v) is 20.6. The Labute approximate surface area is 195 Å². The van der Waals surface area contributed by atoms with Gasteiger partial charge in [0.05, 0.1) is 0 Å². The van der Waals surface area contributed by atoms with E-state index in [1.807, 2.05) is 76.2 Å². The highest BCUT2D eigenvalue weighted by Crippen LogP contribution is 2.22. The number of hydrogen-bond donors (Lipinski definition) is 1. The molecule has 1 unspecified atom stereocenters. The van der Waals surface area contributed by atoms with Crippen molar-refractivity contribution in [2.75, 3.05) is 5.75 Å². The van der Waals surface area contributed by atoms with Gasteiger partial charge in [-0.1, -0.05) is 35.9 Å². The largest absolute Gasteiger partial charge is 0.350 e. The number of rotatable bonds is 9. The molecule has 6 heteroatoms. The maximum atomic E-state index is 13.1. The molecule has 0 radical (unpaired) electrons. The van der Waals surface area contributed by atoms with Gasteiger partial charge in [0.1, 0.15) is 6.04 Å². The van der Waals surface area contributed by atoms with Crippen LogP contribution in [0.1, 0.15) is 51.7 Å². The van der Waals surface area contributed by atoms with Gasteiger partial charge in [-0.3, -0.25) is 9.59 Å². The summed E-state index contributed by atoms with van der Waals surface area (Å²) < 4.78 is 0. The first-order chi connectivity index (χ1) is 14.6. The van der Waals surface area contributed by atoms with E-state index < -0.39 is 6.04 Å². The fourth-order valence-electron chi connectivity index (χ4n) is 3.12. The molecule has 0 aliphatic carbocycles. The Morgan fingerprint density at radius 2 is 1.74 bits per heavy atom. The number of thioether (sulfide) groups is 1. The Bertz CT molecular complexity index is 878. The lowest BCUT2D eigenvalue weighted by Gasteiger charge is -2.32. The van der Waals surface area contributed by atoms with E-state index >= 15 is 0 Å². The second-order valence-electron chi connectivity index (χ2n) is 8.77. The summed E-state index contributed by atoms with van der Waals surface area (Å²) in [6, 6.07) is 15.2. The summed E-state index contributed by atoms with van der Waals surface area (Å²) in [5.74, 6) is 0.690. The maximum Gasteiger partial charge on any atom is 0.242 e. The smallest absolute Gasteiger partial charge is 0.242 e. The van der Waals surface area contributed by atoms with E-state index in [4.69, 9.17) is 11.6 Å². The molecule has 1 atom stereocenters. The highest BCUT2D eigenvalue weighted by Gasteiger charge is 2.28. The Morgan fingerprint density at radius 1 is 1.10 bits per heavy atom. The minimum atomic E-state index is -0.546. The molecule has 0 spiro atoms. The van der Waals surface area contributed by atoms with Crippen molar-refractivity contribution in [2.24, 2.45) is 0 Å². The number of amides is 2. The number of aryl methyl sites for hydroxylation is 1. The molecule has 4 nitrogen and oxygen atoms in total. The average molecular weight is 461 g/mol. The van der Waals surface area contributed by atoms with Crippen molar-refractivity contribution in [3.63, 3.8) is 0 Å². The molecule has 0 saturated heterocycles. The Morgan fingerprint density at radius 3 is 2.35 bits per heavy atom. The summed E-state index contributed by atoms with van der Waals surface area (Å²) in [4.78, 5) is 28.8. The third-order valence-electron chi connectivity index (χ3n) is 4.88. The van der Waals surface area contributed by atoms with Gasteiger partial charge in [-0.2, -0.15) is 0 Å². The number of nitrogens with zero attached hydrogens (tertiary/aromatic N) is 1. The first-order valence-corrected chi connectivity index (χ1v) is 12.0. The molecule has 0 aliphatic rings. The van der Waals surface area contributed by atoms with Crippen molar-refractivity contribution in [1.29, 1.82) is 0 Å². The van der Waals surface area contributed by atoms with Crippen LogP contribution < -0.4 is 5.32 Å². The van der Waals surface area contributed by atoms with Crippen molar-refractivity contribution < 1.29 is 9.59 Å². The van der Waals surface area contributed by atoms with Gasteiger partial charge in [-0.25, -0.2) is 0 Å². The van der Waals surface area contributed by atoms with Crippen LogP contribution in [0.3, 0.4) is 0 Å². The molecule has 31 heavy (non-hydrogen) atoms. The lowest BCUT2D eigenvalue weighted by atomic mass is 10.1. The van der Waals surface area contributed by atoms with E-state index in [1.54, 1.807) is 23.6 Å². The van der Waals surface area contributed by atoms with E-state index in [0.717, 1.165) is 28.2 Å². The molecule has 2 aromatic rings. The van der Waals surface area contributed by atoms with E-state index in [2.05, 4.69) is 5.32 Å². The molecule has 0 saturated carbocycles. The number of carbonyl (C=O) groups is 2. The van der Waals surface area contributed by atoms with E-state index in [-0.39, 0.29) is 17.4 Å². The summed E-state index contributed by atoms with van der Waals surface area (Å²) in [5.41, 5.74) is 1.82. The lowest BCUT2D eigenvalue weighted by Crippen LogP contribution is -2.52. The monoisotopic (exact) mass is 460 g/mol. The van der Waals surface area contributed by atoms with Gasteiger partial charge >= 0.3 is 0 Å².